The first kappa shape index (κ1) is 9.46. The molecule has 0 aliphatic rings. The molecule has 0 aromatic carbocycles. The van der Waals surface area contributed by atoms with Crippen molar-refractivity contribution >= 4 is 5.70 Å². The first-order valence-corrected chi connectivity index (χ1v) is 4.19. The Balaban J connectivity index is 2.76. The van der Waals surface area contributed by atoms with Crippen LogP contribution in [0.1, 0.15) is 6.92 Å². The highest BCUT2D eigenvalue weighted by Gasteiger charge is 1.99. The van der Waals surface area contributed by atoms with E-state index in [0.29, 0.717) is 0 Å². The highest BCUT2D eigenvalue weighted by atomic mass is 14.9. The van der Waals surface area contributed by atoms with Crippen molar-refractivity contribution < 1.29 is 4.57 Å². The Morgan fingerprint density at radius 3 is 2.23 bits per heavy atom. The fraction of sp³-hybridized carbons (Fsp3) is 0.0833. The second kappa shape index (κ2) is 4.41. The molecule has 0 saturated carbocycles. The average Bonchev–Trinajstić information content (AvgIpc) is 2.15. The van der Waals surface area contributed by atoms with Crippen LogP contribution >= 0.6 is 0 Å². The SMILES string of the molecule is C=C(C)/C=C\C(=C)[n+]1ccccc1. The Bertz CT molecular complexity index is 333. The smallest absolute Gasteiger partial charge is 0.168 e. The summed E-state index contributed by atoms with van der Waals surface area (Å²) in [7, 11) is 0. The van der Waals surface area contributed by atoms with Gasteiger partial charge in [-0.05, 0) is 13.5 Å². The molecular weight excluding hydrogens is 158 g/mol. The molecule has 0 N–H and O–H groups in total. The highest BCUT2D eigenvalue weighted by Crippen LogP contribution is 1.96. The molecule has 1 heterocycles. The van der Waals surface area contributed by atoms with Gasteiger partial charge in [0, 0.05) is 18.2 Å². The number of pyridine rings is 1. The van der Waals surface area contributed by atoms with E-state index in [1.54, 1.807) is 0 Å². The molecule has 1 aromatic heterocycles. The Hall–Kier alpha value is -1.63. The van der Waals surface area contributed by atoms with Crippen LogP contribution in [0.5, 0.6) is 0 Å². The monoisotopic (exact) mass is 172 g/mol. The van der Waals surface area contributed by atoms with E-state index < -0.39 is 0 Å². The van der Waals surface area contributed by atoms with E-state index in [2.05, 4.69) is 13.2 Å². The molecule has 0 fully saturated rings. The quantitative estimate of drug-likeness (QED) is 0.487. The van der Waals surface area contributed by atoms with E-state index in [1.165, 1.54) is 0 Å². The minimum atomic E-state index is 0.934. The van der Waals surface area contributed by atoms with Crippen LogP contribution in [0.25, 0.3) is 5.70 Å². The predicted molar refractivity (Wildman–Crippen MR) is 55.9 cm³/mol. The van der Waals surface area contributed by atoms with Crippen LogP contribution in [0.3, 0.4) is 0 Å². The molecule has 0 aliphatic carbocycles. The zero-order valence-corrected chi connectivity index (χ0v) is 7.90. The zero-order valence-electron chi connectivity index (χ0n) is 7.90. The Kier molecular flexibility index (Phi) is 3.21. The summed E-state index contributed by atoms with van der Waals surface area (Å²) in [6.07, 6.45) is 7.82. The summed E-state index contributed by atoms with van der Waals surface area (Å²) in [4.78, 5) is 0. The fourth-order valence-corrected chi connectivity index (χ4v) is 0.915. The topological polar surface area (TPSA) is 3.88 Å². The minimum Gasteiger partial charge on any atom is -0.168 e. The van der Waals surface area contributed by atoms with Gasteiger partial charge < -0.3 is 0 Å². The van der Waals surface area contributed by atoms with Gasteiger partial charge in [-0.1, -0.05) is 24.3 Å². The molecule has 13 heavy (non-hydrogen) atoms. The van der Waals surface area contributed by atoms with Crippen LogP contribution in [0.2, 0.25) is 0 Å². The first-order valence-electron chi connectivity index (χ1n) is 4.19. The lowest BCUT2D eigenvalue weighted by atomic mass is 10.3. The Labute approximate surface area is 79.3 Å². The summed E-state index contributed by atoms with van der Waals surface area (Å²) in [6.45, 7) is 9.67. The highest BCUT2D eigenvalue weighted by molar-refractivity contribution is 5.45. The van der Waals surface area contributed by atoms with E-state index in [9.17, 15) is 0 Å². The Morgan fingerprint density at radius 2 is 1.69 bits per heavy atom. The van der Waals surface area contributed by atoms with E-state index in [4.69, 9.17) is 0 Å². The lowest BCUT2D eigenvalue weighted by molar-refractivity contribution is -0.578. The van der Waals surface area contributed by atoms with Gasteiger partial charge in [0.2, 0.25) is 5.70 Å². The molecule has 1 nitrogen and oxygen atoms in total. The Morgan fingerprint density at radius 1 is 1.08 bits per heavy atom. The predicted octanol–water partition coefficient (Wildman–Crippen LogP) is 2.58. The van der Waals surface area contributed by atoms with Crippen LogP contribution in [0, 0.1) is 0 Å². The molecule has 0 spiro atoms. The van der Waals surface area contributed by atoms with E-state index in [-0.39, 0.29) is 0 Å². The number of allylic oxidation sites excluding steroid dienone is 4. The summed E-state index contributed by atoms with van der Waals surface area (Å²) in [5.41, 5.74) is 1.96. The van der Waals surface area contributed by atoms with Crippen LogP contribution < -0.4 is 4.57 Å². The largest absolute Gasteiger partial charge is 0.203 e. The van der Waals surface area contributed by atoms with Crippen molar-refractivity contribution in [3.8, 4) is 0 Å². The van der Waals surface area contributed by atoms with Gasteiger partial charge in [-0.25, -0.2) is 0 Å². The molecule has 0 unspecified atom stereocenters. The van der Waals surface area contributed by atoms with Crippen LogP contribution in [-0.2, 0) is 0 Å². The van der Waals surface area contributed by atoms with Gasteiger partial charge in [-0.2, -0.15) is 4.57 Å². The minimum absolute atomic E-state index is 0.934. The van der Waals surface area contributed by atoms with Crippen molar-refractivity contribution in [1.82, 2.24) is 0 Å². The van der Waals surface area contributed by atoms with E-state index >= 15 is 0 Å². The van der Waals surface area contributed by atoms with Gasteiger partial charge in [0.1, 0.15) is 0 Å². The molecule has 0 aliphatic heterocycles. The van der Waals surface area contributed by atoms with Crippen molar-refractivity contribution in [3.63, 3.8) is 0 Å². The number of aromatic nitrogens is 1. The van der Waals surface area contributed by atoms with Crippen molar-refractivity contribution in [1.29, 1.82) is 0 Å². The summed E-state index contributed by atoms with van der Waals surface area (Å²) in [6, 6.07) is 5.92. The van der Waals surface area contributed by atoms with Gasteiger partial charge in [0.25, 0.3) is 0 Å². The molecule has 0 atom stereocenters. The summed E-state index contributed by atoms with van der Waals surface area (Å²) in [5, 5.41) is 0. The maximum Gasteiger partial charge on any atom is 0.203 e. The molecule has 66 valence electrons. The van der Waals surface area contributed by atoms with Crippen LogP contribution in [-0.4, -0.2) is 0 Å². The van der Waals surface area contributed by atoms with Crippen molar-refractivity contribution in [3.05, 3.63) is 61.5 Å². The van der Waals surface area contributed by atoms with Crippen LogP contribution in [0.4, 0.5) is 0 Å². The molecule has 0 bridgehead atoms. The molecule has 1 aromatic rings. The molecule has 0 saturated heterocycles. The van der Waals surface area contributed by atoms with Gasteiger partial charge in [-0.15, -0.1) is 0 Å². The first-order chi connectivity index (χ1) is 6.20. The van der Waals surface area contributed by atoms with Crippen LogP contribution in [0.15, 0.2) is 61.5 Å². The standard InChI is InChI=1S/C12H14N/c1-11(2)7-8-12(3)13-9-5-4-6-10-13/h4-10H,1,3H2,2H3/q+1/b8-7-. The average molecular weight is 172 g/mol. The lowest BCUT2D eigenvalue weighted by Crippen LogP contribution is -2.29. The van der Waals surface area contributed by atoms with Crippen molar-refractivity contribution in [2.45, 2.75) is 6.92 Å². The molecular formula is C12H14N+. The van der Waals surface area contributed by atoms with Gasteiger partial charge >= 0.3 is 0 Å². The third-order valence-electron chi connectivity index (χ3n) is 1.61. The van der Waals surface area contributed by atoms with E-state index in [0.717, 1.165) is 11.3 Å². The molecule has 0 amide bonds. The second-order valence-electron chi connectivity index (χ2n) is 2.95. The van der Waals surface area contributed by atoms with Gasteiger partial charge in [-0.3, -0.25) is 0 Å². The summed E-state index contributed by atoms with van der Waals surface area (Å²) < 4.78 is 1.96. The maximum atomic E-state index is 3.93. The third-order valence-corrected chi connectivity index (χ3v) is 1.61. The zero-order chi connectivity index (χ0) is 9.68. The van der Waals surface area contributed by atoms with Crippen molar-refractivity contribution in [2.24, 2.45) is 0 Å². The number of hydrogen-bond donors (Lipinski definition) is 0. The second-order valence-corrected chi connectivity index (χ2v) is 2.95. The van der Waals surface area contributed by atoms with Gasteiger partial charge in [0.15, 0.2) is 12.4 Å². The van der Waals surface area contributed by atoms with E-state index in [1.807, 2.05) is 54.2 Å². The molecule has 1 heteroatoms. The van der Waals surface area contributed by atoms with Crippen molar-refractivity contribution in [2.75, 3.05) is 0 Å². The lowest BCUT2D eigenvalue weighted by Gasteiger charge is -1.92. The molecule has 1 rings (SSSR count). The third kappa shape index (κ3) is 3.08. The summed E-state index contributed by atoms with van der Waals surface area (Å²) >= 11 is 0. The normalized spacial score (nSPS) is 10.2. The fourth-order valence-electron chi connectivity index (χ4n) is 0.915. The number of hydrogen-bond acceptors (Lipinski definition) is 0. The molecule has 0 radical (unpaired) electrons. The van der Waals surface area contributed by atoms with Gasteiger partial charge in [0.05, 0.1) is 0 Å². The maximum absolute atomic E-state index is 3.93. The number of rotatable bonds is 3. The number of nitrogens with zero attached hydrogens (tertiary/aromatic N) is 1. The summed E-state index contributed by atoms with van der Waals surface area (Å²) in [5.74, 6) is 0.